The molecule has 5 heterocycles. The summed E-state index contributed by atoms with van der Waals surface area (Å²) in [7, 11) is 0.615. The first-order chi connectivity index (χ1) is 22.0. The Kier molecular flexibility index (Phi) is 9.22. The Balaban J connectivity index is 1.24. The van der Waals surface area contributed by atoms with Gasteiger partial charge in [0.25, 0.3) is 10.0 Å². The molecule has 2 aliphatic heterocycles. The molecule has 0 spiro atoms. The molecule has 2 saturated heterocycles. The molecule has 3 aliphatic rings. The summed E-state index contributed by atoms with van der Waals surface area (Å²) in [5.41, 5.74) is 1.80. The molecule has 2 atom stereocenters. The fraction of sp³-hybridized carbons (Fsp3) is 0.548. The van der Waals surface area contributed by atoms with E-state index in [1.807, 2.05) is 6.07 Å². The second-order valence-electron chi connectivity index (χ2n) is 12.3. The molecule has 3 aromatic heterocycles. The molecule has 11 nitrogen and oxygen atoms in total. The van der Waals surface area contributed by atoms with Crippen molar-refractivity contribution in [2.75, 3.05) is 50.6 Å². The zero-order valence-corrected chi connectivity index (χ0v) is 26.6. The number of rotatable bonds is 9. The van der Waals surface area contributed by atoms with Gasteiger partial charge in [-0.15, -0.1) is 0 Å². The molecule has 6 rings (SSSR count). The lowest BCUT2D eigenvalue weighted by atomic mass is 9.93. The lowest BCUT2D eigenvalue weighted by molar-refractivity contribution is -0.212. The second-order valence-corrected chi connectivity index (χ2v) is 14.4. The number of piperidine rings is 1. The summed E-state index contributed by atoms with van der Waals surface area (Å²) in [5, 5.41) is 6.82. The predicted octanol–water partition coefficient (Wildman–Crippen LogP) is 4.31. The normalized spacial score (nSPS) is 21.0. The first kappa shape index (κ1) is 32.2. The summed E-state index contributed by atoms with van der Waals surface area (Å²) in [6.07, 6.45) is 4.19. The Labute approximate surface area is 266 Å². The van der Waals surface area contributed by atoms with Crippen molar-refractivity contribution < 1.29 is 26.3 Å². The van der Waals surface area contributed by atoms with Gasteiger partial charge in [0.2, 0.25) is 0 Å². The molecule has 0 radical (unpaired) electrons. The van der Waals surface area contributed by atoms with Crippen molar-refractivity contribution in [3.63, 3.8) is 0 Å². The number of aromatic nitrogens is 5. The first-order valence-electron chi connectivity index (χ1n) is 15.5. The van der Waals surface area contributed by atoms with E-state index >= 15 is 0 Å². The van der Waals surface area contributed by atoms with Crippen molar-refractivity contribution >= 4 is 27.3 Å². The van der Waals surface area contributed by atoms with Crippen molar-refractivity contribution in [2.24, 2.45) is 11.8 Å². The Bertz CT molecular complexity index is 1710. The molecule has 3 fully saturated rings. The van der Waals surface area contributed by atoms with E-state index in [-0.39, 0.29) is 13.0 Å². The van der Waals surface area contributed by atoms with Crippen LogP contribution in [-0.4, -0.2) is 95.3 Å². The number of nitrogens with zero attached hydrogens (tertiary/aromatic N) is 7. The van der Waals surface area contributed by atoms with Gasteiger partial charge >= 0.3 is 6.18 Å². The molecule has 1 saturated carbocycles. The zero-order valence-electron chi connectivity index (χ0n) is 25.7. The van der Waals surface area contributed by atoms with Crippen LogP contribution in [0.3, 0.4) is 0 Å². The monoisotopic (exact) mass is 658 g/mol. The summed E-state index contributed by atoms with van der Waals surface area (Å²) < 4.78 is 71.5. The van der Waals surface area contributed by atoms with E-state index in [0.717, 1.165) is 48.7 Å². The molecule has 1 unspecified atom stereocenters. The number of alkyl halides is 3. The van der Waals surface area contributed by atoms with Crippen LogP contribution in [0, 0.1) is 23.7 Å². The molecule has 0 aromatic carbocycles. The maximum atomic E-state index is 13.5. The van der Waals surface area contributed by atoms with Gasteiger partial charge in [-0.05, 0) is 71.1 Å². The number of hydrogen-bond donors (Lipinski definition) is 1. The van der Waals surface area contributed by atoms with Crippen molar-refractivity contribution in [3.05, 3.63) is 42.5 Å². The van der Waals surface area contributed by atoms with E-state index in [1.54, 1.807) is 18.5 Å². The first-order valence-corrected chi connectivity index (χ1v) is 17.0. The molecule has 46 heavy (non-hydrogen) atoms. The Morgan fingerprint density at radius 1 is 1.09 bits per heavy atom. The Morgan fingerprint density at radius 2 is 1.87 bits per heavy atom. The molecule has 3 aromatic rings. The molecule has 1 N–H and O–H groups in total. The summed E-state index contributed by atoms with van der Waals surface area (Å²) in [6, 6.07) is 3.51. The van der Waals surface area contributed by atoms with E-state index in [4.69, 9.17) is 4.74 Å². The van der Waals surface area contributed by atoms with Gasteiger partial charge in [0, 0.05) is 38.2 Å². The predicted molar refractivity (Wildman–Crippen MR) is 167 cm³/mol. The van der Waals surface area contributed by atoms with Crippen LogP contribution < -0.4 is 10.2 Å². The smallest absolute Gasteiger partial charge is 0.370 e. The lowest BCUT2D eigenvalue weighted by Gasteiger charge is -2.34. The fourth-order valence-electron chi connectivity index (χ4n) is 5.78. The highest BCUT2D eigenvalue weighted by molar-refractivity contribution is 7.90. The SMILES string of the molecule is CN(C)CCC1CCN(c2cc(Nc3ccnc(-c4cnn(S(=O)(=O)C5CC5)c4)n3)ncc2C#CC2CCO[C@H]2C(F)(F)F)CC1. The Hall–Kier alpha value is -3.74. The Morgan fingerprint density at radius 3 is 2.59 bits per heavy atom. The van der Waals surface area contributed by atoms with Gasteiger partial charge < -0.3 is 19.9 Å². The third-order valence-electron chi connectivity index (χ3n) is 8.56. The van der Waals surface area contributed by atoms with Crippen LogP contribution in [0.5, 0.6) is 0 Å². The minimum absolute atomic E-state index is 0.0238. The highest BCUT2D eigenvalue weighted by atomic mass is 32.2. The highest BCUT2D eigenvalue weighted by Gasteiger charge is 2.48. The van der Waals surface area contributed by atoms with Crippen LogP contribution in [0.4, 0.5) is 30.5 Å². The number of ether oxygens (including phenoxy) is 1. The molecule has 15 heteroatoms. The molecule has 1 aliphatic carbocycles. The fourth-order valence-corrected chi connectivity index (χ4v) is 7.26. The van der Waals surface area contributed by atoms with Gasteiger partial charge in [0.05, 0.1) is 40.4 Å². The third kappa shape index (κ3) is 7.45. The molecule has 0 bridgehead atoms. The molecule has 246 valence electrons. The van der Waals surface area contributed by atoms with Crippen molar-refractivity contribution in [2.45, 2.75) is 56.1 Å². The summed E-state index contributed by atoms with van der Waals surface area (Å²) >= 11 is 0. The van der Waals surface area contributed by atoms with Crippen LogP contribution in [0.25, 0.3) is 11.4 Å². The van der Waals surface area contributed by atoms with Gasteiger partial charge in [-0.2, -0.15) is 22.4 Å². The molecular formula is C31H37F3N8O3S. The zero-order chi connectivity index (χ0) is 32.5. The van der Waals surface area contributed by atoms with Crippen LogP contribution in [-0.2, 0) is 14.8 Å². The van der Waals surface area contributed by atoms with Crippen LogP contribution in [0.1, 0.15) is 44.1 Å². The maximum absolute atomic E-state index is 13.5. The van der Waals surface area contributed by atoms with Crippen molar-refractivity contribution in [1.82, 2.24) is 29.0 Å². The van der Waals surface area contributed by atoms with Gasteiger partial charge in [0.1, 0.15) is 11.6 Å². The summed E-state index contributed by atoms with van der Waals surface area (Å²) in [6.45, 7) is 2.63. The van der Waals surface area contributed by atoms with E-state index in [0.29, 0.717) is 47.3 Å². The third-order valence-corrected chi connectivity index (χ3v) is 10.6. The lowest BCUT2D eigenvalue weighted by Crippen LogP contribution is -2.35. The molecule has 0 amide bonds. The topological polar surface area (TPSA) is 118 Å². The second kappa shape index (κ2) is 13.2. The quantitative estimate of drug-likeness (QED) is 0.334. The standard InChI is InChI=1S/C31H37F3N8O3S/c1-40(2)13-8-21-9-14-41(15-10-21)26-17-28(36-18-23(26)4-3-22-11-16-45-29(22)31(32,33)34)38-27-7-12-35-30(39-27)24-19-37-42(20-24)46(43,44)25-5-6-25/h7,12,17-22,25,29H,5-6,8-11,13-16H2,1-2H3,(H,35,36,38,39)/t22?,29-/m1/s1. The number of anilines is 3. The van der Waals surface area contributed by atoms with Crippen LogP contribution in [0.15, 0.2) is 36.9 Å². The number of halogens is 3. The van der Waals surface area contributed by atoms with E-state index in [1.165, 1.54) is 12.4 Å². The van der Waals surface area contributed by atoms with Crippen LogP contribution in [0.2, 0.25) is 0 Å². The summed E-state index contributed by atoms with van der Waals surface area (Å²) in [5.74, 6) is 6.69. The minimum atomic E-state index is -4.47. The van der Waals surface area contributed by atoms with E-state index in [9.17, 15) is 21.6 Å². The van der Waals surface area contributed by atoms with Crippen molar-refractivity contribution in [1.29, 1.82) is 0 Å². The van der Waals surface area contributed by atoms with Crippen LogP contribution >= 0.6 is 0 Å². The molecular weight excluding hydrogens is 621 g/mol. The average Bonchev–Trinajstić information content (AvgIpc) is 3.57. The summed E-state index contributed by atoms with van der Waals surface area (Å²) in [4.78, 5) is 17.8. The minimum Gasteiger partial charge on any atom is -0.370 e. The number of nitrogens with one attached hydrogen (secondary N) is 1. The number of pyridine rings is 1. The van der Waals surface area contributed by atoms with Gasteiger partial charge in [0.15, 0.2) is 11.9 Å². The van der Waals surface area contributed by atoms with Gasteiger partial charge in [-0.3, -0.25) is 0 Å². The average molecular weight is 659 g/mol. The number of hydrogen-bond acceptors (Lipinski definition) is 10. The van der Waals surface area contributed by atoms with E-state index in [2.05, 4.69) is 61.1 Å². The maximum Gasteiger partial charge on any atom is 0.415 e. The van der Waals surface area contributed by atoms with Crippen molar-refractivity contribution in [3.8, 4) is 23.2 Å². The highest BCUT2D eigenvalue weighted by Crippen LogP contribution is 2.35. The van der Waals surface area contributed by atoms with E-state index < -0.39 is 33.5 Å². The largest absolute Gasteiger partial charge is 0.415 e. The van der Waals surface area contributed by atoms with Gasteiger partial charge in [-0.1, -0.05) is 11.8 Å². The van der Waals surface area contributed by atoms with Gasteiger partial charge in [-0.25, -0.2) is 23.4 Å².